The summed E-state index contributed by atoms with van der Waals surface area (Å²) in [4.78, 5) is 23.8. The van der Waals surface area contributed by atoms with Gasteiger partial charge in [-0.3, -0.25) is 0 Å². The molecule has 0 saturated carbocycles. The Morgan fingerprint density at radius 3 is 2.41 bits per heavy atom. The number of ether oxygens (including phenoxy) is 4. The zero-order chi connectivity index (χ0) is 15.5. The molecule has 0 aliphatic carbocycles. The number of carbonyl (C=O) groups is 1. The molecule has 0 unspecified atom stereocenters. The molecule has 0 spiro atoms. The fourth-order valence-electron chi connectivity index (χ4n) is 2.07. The first kappa shape index (κ1) is 14.1. The van der Waals surface area contributed by atoms with Gasteiger partial charge in [0.05, 0.1) is 20.8 Å². The summed E-state index contributed by atoms with van der Waals surface area (Å²) in [5.74, 6) is -0.109. The quantitative estimate of drug-likeness (QED) is 0.782. The summed E-state index contributed by atoms with van der Waals surface area (Å²) in [5.41, 5.74) is 1.24. The number of cyclic esters (lactones) is 1. The lowest BCUT2D eigenvalue weighted by Gasteiger charge is -2.18. The fraction of sp³-hybridized carbons (Fsp3) is 0.286. The molecule has 1 aliphatic heterocycles. The first-order valence-corrected chi connectivity index (χ1v) is 6.52. The van der Waals surface area contributed by atoms with Crippen LogP contribution in [0, 0.1) is 0 Å². The van der Waals surface area contributed by atoms with E-state index in [9.17, 15) is 4.79 Å². The molecule has 0 N–H and O–H groups in total. The maximum absolute atomic E-state index is 11.9. The molecule has 2 aromatic rings. The van der Waals surface area contributed by atoms with Crippen molar-refractivity contribution in [1.82, 2.24) is 15.0 Å². The summed E-state index contributed by atoms with van der Waals surface area (Å²) in [7, 11) is 2.83. The van der Waals surface area contributed by atoms with Crippen molar-refractivity contribution in [3.8, 4) is 23.8 Å². The predicted molar refractivity (Wildman–Crippen MR) is 73.4 cm³/mol. The first-order chi connectivity index (χ1) is 10.7. The van der Waals surface area contributed by atoms with E-state index >= 15 is 0 Å². The number of nitrogens with zero attached hydrogens (tertiary/aromatic N) is 3. The maximum Gasteiger partial charge on any atom is 0.342 e. The Kier molecular flexibility index (Phi) is 3.73. The smallest absolute Gasteiger partial charge is 0.342 e. The molecule has 8 nitrogen and oxygen atoms in total. The molecule has 22 heavy (non-hydrogen) atoms. The first-order valence-electron chi connectivity index (χ1n) is 6.52. The minimum atomic E-state index is -0.426. The molecule has 0 fully saturated rings. The number of benzene rings is 1. The van der Waals surface area contributed by atoms with E-state index in [0.29, 0.717) is 24.3 Å². The van der Waals surface area contributed by atoms with Crippen molar-refractivity contribution in [2.24, 2.45) is 0 Å². The van der Waals surface area contributed by atoms with Gasteiger partial charge >= 0.3 is 24.0 Å². The van der Waals surface area contributed by atoms with Crippen LogP contribution in [0.4, 0.5) is 0 Å². The Morgan fingerprint density at radius 2 is 1.73 bits per heavy atom. The van der Waals surface area contributed by atoms with Gasteiger partial charge in [-0.1, -0.05) is 12.1 Å². The van der Waals surface area contributed by atoms with Gasteiger partial charge in [-0.25, -0.2) is 4.79 Å². The van der Waals surface area contributed by atoms with Crippen molar-refractivity contribution >= 4 is 5.97 Å². The van der Waals surface area contributed by atoms with Crippen LogP contribution in [0.3, 0.4) is 0 Å². The molecule has 1 aromatic carbocycles. The number of aromatic nitrogens is 3. The molecule has 0 atom stereocenters. The third kappa shape index (κ3) is 2.62. The van der Waals surface area contributed by atoms with Crippen LogP contribution in [-0.4, -0.2) is 41.7 Å². The molecule has 0 amide bonds. The number of rotatable bonds is 4. The Morgan fingerprint density at radius 1 is 1.05 bits per heavy atom. The highest BCUT2D eigenvalue weighted by Gasteiger charge is 2.24. The zero-order valence-electron chi connectivity index (χ0n) is 12.0. The molecule has 1 aliphatic rings. The predicted octanol–water partition coefficient (Wildman–Crippen LogP) is 1.39. The van der Waals surface area contributed by atoms with Crippen molar-refractivity contribution in [1.29, 1.82) is 0 Å². The Bertz CT molecular complexity index is 697. The van der Waals surface area contributed by atoms with Crippen LogP contribution in [0.15, 0.2) is 18.2 Å². The third-order valence-corrected chi connectivity index (χ3v) is 3.06. The molecular formula is C14H13N3O5. The highest BCUT2D eigenvalue weighted by molar-refractivity contribution is 5.95. The molecule has 114 valence electrons. The summed E-state index contributed by atoms with van der Waals surface area (Å²) >= 11 is 0. The monoisotopic (exact) mass is 303 g/mol. The topological polar surface area (TPSA) is 92.7 Å². The van der Waals surface area contributed by atoms with Crippen molar-refractivity contribution in [3.63, 3.8) is 0 Å². The van der Waals surface area contributed by atoms with Crippen molar-refractivity contribution < 1.29 is 23.7 Å². The summed E-state index contributed by atoms with van der Waals surface area (Å²) in [6, 6.07) is 5.37. The van der Waals surface area contributed by atoms with Crippen molar-refractivity contribution in [3.05, 3.63) is 29.3 Å². The van der Waals surface area contributed by atoms with E-state index < -0.39 is 5.97 Å². The van der Waals surface area contributed by atoms with E-state index in [1.54, 1.807) is 12.1 Å². The van der Waals surface area contributed by atoms with E-state index in [0.717, 1.165) is 5.56 Å². The number of methoxy groups -OCH3 is 2. The van der Waals surface area contributed by atoms with Crippen LogP contribution in [0.5, 0.6) is 23.8 Å². The lowest BCUT2D eigenvalue weighted by molar-refractivity contribution is 0.0476. The summed E-state index contributed by atoms with van der Waals surface area (Å²) in [5, 5.41) is 0. The van der Waals surface area contributed by atoms with Gasteiger partial charge in [-0.05, 0) is 11.6 Å². The van der Waals surface area contributed by atoms with E-state index in [-0.39, 0.29) is 18.0 Å². The van der Waals surface area contributed by atoms with Crippen LogP contribution >= 0.6 is 0 Å². The van der Waals surface area contributed by atoms with Gasteiger partial charge in [0.1, 0.15) is 11.3 Å². The zero-order valence-corrected chi connectivity index (χ0v) is 12.0. The molecule has 0 bridgehead atoms. The average molecular weight is 303 g/mol. The Hall–Kier alpha value is -2.90. The van der Waals surface area contributed by atoms with Crippen LogP contribution in [0.1, 0.15) is 15.9 Å². The van der Waals surface area contributed by atoms with Gasteiger partial charge in [0.2, 0.25) is 0 Å². The van der Waals surface area contributed by atoms with Gasteiger partial charge < -0.3 is 18.9 Å². The fourth-order valence-corrected chi connectivity index (χ4v) is 2.07. The van der Waals surface area contributed by atoms with Crippen LogP contribution < -0.4 is 14.2 Å². The number of esters is 1. The Balaban J connectivity index is 1.99. The largest absolute Gasteiger partial charge is 0.467 e. The van der Waals surface area contributed by atoms with Gasteiger partial charge in [0, 0.05) is 6.42 Å². The Labute approximate surface area is 126 Å². The van der Waals surface area contributed by atoms with Gasteiger partial charge in [0.15, 0.2) is 0 Å². The highest BCUT2D eigenvalue weighted by Crippen LogP contribution is 2.30. The minimum Gasteiger partial charge on any atom is -0.467 e. The van der Waals surface area contributed by atoms with Crippen LogP contribution in [0.25, 0.3) is 0 Å². The molecule has 3 rings (SSSR count). The summed E-state index contributed by atoms with van der Waals surface area (Å²) in [6.07, 6.45) is 0.641. The van der Waals surface area contributed by atoms with E-state index in [1.165, 1.54) is 14.2 Å². The second kappa shape index (κ2) is 5.84. The lowest BCUT2D eigenvalue weighted by Crippen LogP contribution is -2.18. The normalized spacial score (nSPS) is 13.1. The number of fused-ring (bicyclic) bond motifs is 1. The van der Waals surface area contributed by atoms with Gasteiger partial charge in [0.25, 0.3) is 0 Å². The second-order valence-corrected chi connectivity index (χ2v) is 4.37. The second-order valence-electron chi connectivity index (χ2n) is 4.37. The molecule has 2 heterocycles. The van der Waals surface area contributed by atoms with E-state index in [2.05, 4.69) is 15.0 Å². The van der Waals surface area contributed by atoms with Crippen LogP contribution in [0.2, 0.25) is 0 Å². The summed E-state index contributed by atoms with van der Waals surface area (Å²) in [6.45, 7) is 0.364. The van der Waals surface area contributed by atoms with Crippen molar-refractivity contribution in [2.45, 2.75) is 6.42 Å². The van der Waals surface area contributed by atoms with E-state index in [1.807, 2.05) is 6.07 Å². The highest BCUT2D eigenvalue weighted by atomic mass is 16.5. The average Bonchev–Trinajstić information content (AvgIpc) is 2.54. The third-order valence-electron chi connectivity index (χ3n) is 3.06. The van der Waals surface area contributed by atoms with Crippen molar-refractivity contribution in [2.75, 3.05) is 20.8 Å². The number of carbonyl (C=O) groups excluding carboxylic acids is 1. The standard InChI is InChI=1S/C14H13N3O5/c1-19-12-15-13(20-2)17-14(16-12)22-9-5-3-4-8-6-7-21-11(18)10(8)9/h3-5H,6-7H2,1-2H3. The van der Waals surface area contributed by atoms with Gasteiger partial charge in [-0.2, -0.15) is 0 Å². The van der Waals surface area contributed by atoms with Gasteiger partial charge in [-0.15, -0.1) is 15.0 Å². The maximum atomic E-state index is 11.9. The lowest BCUT2D eigenvalue weighted by atomic mass is 10.0. The minimum absolute atomic E-state index is 0.0320. The molecular weight excluding hydrogens is 290 g/mol. The summed E-state index contributed by atoms with van der Waals surface area (Å²) < 4.78 is 20.6. The number of hydrogen-bond acceptors (Lipinski definition) is 8. The SMILES string of the molecule is COc1nc(OC)nc(Oc2cccc3c2C(=O)OCC3)n1. The molecule has 0 radical (unpaired) electrons. The molecule has 8 heteroatoms. The molecule has 0 saturated heterocycles. The van der Waals surface area contributed by atoms with E-state index in [4.69, 9.17) is 18.9 Å². The van der Waals surface area contributed by atoms with Crippen LogP contribution in [-0.2, 0) is 11.2 Å². The molecule has 1 aromatic heterocycles. The number of hydrogen-bond donors (Lipinski definition) is 0.